The summed E-state index contributed by atoms with van der Waals surface area (Å²) in [5, 5.41) is 0. The summed E-state index contributed by atoms with van der Waals surface area (Å²) in [4.78, 5) is 0. The Hall–Kier alpha value is 0.620. The van der Waals surface area contributed by atoms with Gasteiger partial charge < -0.3 is 9.47 Å². The first-order chi connectivity index (χ1) is 15.9. The van der Waals surface area contributed by atoms with E-state index in [9.17, 15) is 0 Å². The molecule has 32 heavy (non-hydrogen) atoms. The number of rotatable bonds is 29. The zero-order valence-electron chi connectivity index (χ0n) is 22.0. The van der Waals surface area contributed by atoms with Crippen LogP contribution in [0.25, 0.3) is 0 Å². The van der Waals surface area contributed by atoms with Crippen molar-refractivity contribution in [2.45, 2.75) is 142 Å². The summed E-state index contributed by atoms with van der Waals surface area (Å²) in [5.41, 5.74) is 0. The lowest BCUT2D eigenvalue weighted by Gasteiger charge is -2.06. The van der Waals surface area contributed by atoms with Gasteiger partial charge in [-0.2, -0.15) is 0 Å². The van der Waals surface area contributed by atoms with Crippen molar-refractivity contribution in [3.05, 3.63) is 0 Å². The molecule has 0 unspecified atom stereocenters. The molecule has 2 nitrogen and oxygen atoms in total. The van der Waals surface area contributed by atoms with Gasteiger partial charge in [0.15, 0.2) is 0 Å². The van der Waals surface area contributed by atoms with Crippen LogP contribution in [0.2, 0.25) is 0 Å². The summed E-state index contributed by atoms with van der Waals surface area (Å²) in [6.45, 7) is 8.27. The monoisotopic (exact) mass is 490 g/mol. The van der Waals surface area contributed by atoms with E-state index in [-0.39, 0.29) is 0 Å². The minimum atomic E-state index is 0.897. The molecule has 4 heteroatoms. The lowest BCUT2D eigenvalue weighted by Crippen LogP contribution is -2.00. The van der Waals surface area contributed by atoms with Crippen LogP contribution in [-0.2, 0) is 9.47 Å². The van der Waals surface area contributed by atoms with Crippen molar-refractivity contribution in [1.82, 2.24) is 0 Å². The molecule has 194 valence electrons. The molecule has 0 aliphatic carbocycles. The molecule has 0 saturated heterocycles. The SMILES string of the molecule is CCCCCCCCCCCCOCCSSCCOCCCCCCCCCCCC. The molecule has 0 aliphatic heterocycles. The van der Waals surface area contributed by atoms with Gasteiger partial charge in [-0.1, -0.05) is 151 Å². The van der Waals surface area contributed by atoms with Crippen molar-refractivity contribution < 1.29 is 9.47 Å². The van der Waals surface area contributed by atoms with E-state index in [2.05, 4.69) is 13.8 Å². The van der Waals surface area contributed by atoms with E-state index in [4.69, 9.17) is 9.47 Å². The molecule has 0 heterocycles. The lowest BCUT2D eigenvalue weighted by atomic mass is 10.1. The fourth-order valence-electron chi connectivity index (χ4n) is 3.89. The molecule has 0 aromatic carbocycles. The fourth-order valence-corrected chi connectivity index (χ4v) is 5.61. The zero-order valence-corrected chi connectivity index (χ0v) is 23.7. The second-order valence-corrected chi connectivity index (χ2v) is 11.9. The van der Waals surface area contributed by atoms with Gasteiger partial charge in [0.25, 0.3) is 0 Å². The van der Waals surface area contributed by atoms with Crippen LogP contribution in [-0.4, -0.2) is 37.9 Å². The van der Waals surface area contributed by atoms with Crippen LogP contribution < -0.4 is 0 Å². The van der Waals surface area contributed by atoms with Crippen LogP contribution in [0.3, 0.4) is 0 Å². The molecule has 0 radical (unpaired) electrons. The van der Waals surface area contributed by atoms with Gasteiger partial charge in [0.05, 0.1) is 13.2 Å². The van der Waals surface area contributed by atoms with Crippen LogP contribution in [0.4, 0.5) is 0 Å². The smallest absolute Gasteiger partial charge is 0.0565 e. The highest BCUT2D eigenvalue weighted by atomic mass is 33.1. The van der Waals surface area contributed by atoms with Crippen molar-refractivity contribution in [1.29, 1.82) is 0 Å². The maximum Gasteiger partial charge on any atom is 0.0565 e. The summed E-state index contributed by atoms with van der Waals surface area (Å²) in [6, 6.07) is 0. The first-order valence-electron chi connectivity index (χ1n) is 14.3. The predicted molar refractivity (Wildman–Crippen MR) is 150 cm³/mol. The molecule has 0 N–H and O–H groups in total. The van der Waals surface area contributed by atoms with Crippen LogP contribution in [0.5, 0.6) is 0 Å². The summed E-state index contributed by atoms with van der Waals surface area (Å²) >= 11 is 0. The molecule has 0 aromatic heterocycles. The third-order valence-electron chi connectivity index (χ3n) is 5.99. The van der Waals surface area contributed by atoms with Gasteiger partial charge >= 0.3 is 0 Å². The number of hydrogen-bond acceptors (Lipinski definition) is 4. The molecule has 0 atom stereocenters. The Bertz CT molecular complexity index is 286. The molecular weight excluding hydrogens is 432 g/mol. The summed E-state index contributed by atoms with van der Waals surface area (Å²) in [7, 11) is 3.86. The van der Waals surface area contributed by atoms with Crippen molar-refractivity contribution in [3.8, 4) is 0 Å². The molecule has 0 aromatic rings. The topological polar surface area (TPSA) is 18.5 Å². The highest BCUT2D eigenvalue weighted by Gasteiger charge is 1.96. The highest BCUT2D eigenvalue weighted by Crippen LogP contribution is 2.20. The Morgan fingerprint density at radius 2 is 0.625 bits per heavy atom. The third kappa shape index (κ3) is 30.6. The van der Waals surface area contributed by atoms with Crippen molar-refractivity contribution in [3.63, 3.8) is 0 Å². The largest absolute Gasteiger partial charge is 0.381 e. The normalized spacial score (nSPS) is 11.4. The fraction of sp³-hybridized carbons (Fsp3) is 1.00. The molecule has 0 aliphatic rings. The Morgan fingerprint density at radius 3 is 0.938 bits per heavy atom. The predicted octanol–water partition coefficient (Wildman–Crippen LogP) is 10.2. The second kappa shape index (κ2) is 31.6. The Kier molecular flexibility index (Phi) is 32.2. The number of ether oxygens (including phenoxy) is 2. The molecular formula is C28H58O2S2. The zero-order chi connectivity index (χ0) is 23.2. The van der Waals surface area contributed by atoms with Gasteiger partial charge in [0.1, 0.15) is 0 Å². The van der Waals surface area contributed by atoms with E-state index in [1.165, 1.54) is 128 Å². The Balaban J connectivity index is 2.98. The molecule has 0 rings (SSSR count). The van der Waals surface area contributed by atoms with Gasteiger partial charge in [-0.3, -0.25) is 0 Å². The molecule has 0 fully saturated rings. The first kappa shape index (κ1) is 32.6. The first-order valence-corrected chi connectivity index (χ1v) is 16.8. The van der Waals surface area contributed by atoms with Gasteiger partial charge in [0.2, 0.25) is 0 Å². The molecule has 0 bridgehead atoms. The third-order valence-corrected chi connectivity index (χ3v) is 8.32. The van der Waals surface area contributed by atoms with Crippen LogP contribution >= 0.6 is 21.6 Å². The van der Waals surface area contributed by atoms with E-state index in [1.807, 2.05) is 21.6 Å². The second-order valence-electron chi connectivity index (χ2n) is 9.23. The molecule has 0 amide bonds. The number of unbranched alkanes of at least 4 members (excludes halogenated alkanes) is 18. The highest BCUT2D eigenvalue weighted by molar-refractivity contribution is 8.76. The van der Waals surface area contributed by atoms with E-state index >= 15 is 0 Å². The van der Waals surface area contributed by atoms with Crippen molar-refractivity contribution >= 4 is 21.6 Å². The molecule has 0 spiro atoms. The van der Waals surface area contributed by atoms with E-state index < -0.39 is 0 Å². The number of hydrogen-bond donors (Lipinski definition) is 0. The summed E-state index contributed by atoms with van der Waals surface area (Å²) in [6.07, 6.45) is 27.8. The minimum absolute atomic E-state index is 0.897. The van der Waals surface area contributed by atoms with E-state index in [0.29, 0.717) is 0 Å². The Labute approximate surface area is 210 Å². The standard InChI is InChI=1S/C28H58O2S2/c1-3-5-7-9-11-13-15-17-19-21-23-29-25-27-31-32-28-26-30-24-22-20-18-16-14-12-10-8-6-4-2/h3-28H2,1-2H3. The van der Waals surface area contributed by atoms with Gasteiger partial charge in [-0.25, -0.2) is 0 Å². The van der Waals surface area contributed by atoms with Crippen LogP contribution in [0, 0.1) is 0 Å². The maximum atomic E-state index is 5.76. The average Bonchev–Trinajstić information content (AvgIpc) is 2.81. The van der Waals surface area contributed by atoms with Crippen molar-refractivity contribution in [2.75, 3.05) is 37.9 Å². The van der Waals surface area contributed by atoms with Gasteiger partial charge in [-0.05, 0) is 12.8 Å². The van der Waals surface area contributed by atoms with Gasteiger partial charge in [0, 0.05) is 24.7 Å². The average molecular weight is 491 g/mol. The lowest BCUT2D eigenvalue weighted by molar-refractivity contribution is 0.145. The van der Waals surface area contributed by atoms with E-state index in [0.717, 1.165) is 37.9 Å². The van der Waals surface area contributed by atoms with Crippen LogP contribution in [0.15, 0.2) is 0 Å². The summed E-state index contributed by atoms with van der Waals surface area (Å²) in [5.74, 6) is 2.20. The quantitative estimate of drug-likeness (QED) is 0.0766. The van der Waals surface area contributed by atoms with Crippen molar-refractivity contribution in [2.24, 2.45) is 0 Å². The summed E-state index contributed by atoms with van der Waals surface area (Å²) < 4.78 is 11.5. The van der Waals surface area contributed by atoms with Crippen LogP contribution in [0.1, 0.15) is 142 Å². The maximum absolute atomic E-state index is 5.76. The van der Waals surface area contributed by atoms with Gasteiger partial charge in [-0.15, -0.1) is 0 Å². The minimum Gasteiger partial charge on any atom is -0.381 e. The molecule has 0 saturated carbocycles. The van der Waals surface area contributed by atoms with E-state index in [1.54, 1.807) is 0 Å². The Morgan fingerprint density at radius 1 is 0.344 bits per heavy atom.